The molecule has 2 aliphatic heterocycles. The fourth-order valence-corrected chi connectivity index (χ4v) is 4.49. The molecular weight excluding hydrogens is 369 g/mol. The van der Waals surface area contributed by atoms with Gasteiger partial charge < -0.3 is 20.3 Å². The Balaban J connectivity index is 1.38. The highest BCUT2D eigenvalue weighted by Gasteiger charge is 2.27. The van der Waals surface area contributed by atoms with Crippen molar-refractivity contribution >= 4 is 17.3 Å². The van der Waals surface area contributed by atoms with E-state index in [1.807, 2.05) is 20.8 Å². The lowest BCUT2D eigenvalue weighted by molar-refractivity contribution is -0.156. The van der Waals surface area contributed by atoms with Crippen molar-refractivity contribution in [1.82, 2.24) is 4.90 Å². The average molecular weight is 406 g/mol. The Morgan fingerprint density at radius 1 is 1.10 bits per heavy atom. The highest BCUT2D eigenvalue weighted by atomic mass is 19.1. The minimum atomic E-state index is -0.401. The van der Waals surface area contributed by atoms with E-state index in [0.29, 0.717) is 29.6 Å². The van der Waals surface area contributed by atoms with Gasteiger partial charge in [-0.25, -0.2) is 4.39 Å². The zero-order valence-corrected chi connectivity index (χ0v) is 18.1. The highest BCUT2D eigenvalue weighted by Crippen LogP contribution is 2.29. The minimum absolute atomic E-state index is 0.0711. The Morgan fingerprint density at radius 3 is 2.31 bits per heavy atom. The first kappa shape index (κ1) is 21.9. The van der Waals surface area contributed by atoms with Crippen LogP contribution in [0.3, 0.4) is 0 Å². The van der Waals surface area contributed by atoms with Crippen molar-refractivity contribution in [1.29, 1.82) is 0 Å². The quantitative estimate of drug-likeness (QED) is 0.591. The van der Waals surface area contributed by atoms with Gasteiger partial charge in [0.2, 0.25) is 0 Å². The molecular formula is C23H36FN3O2. The molecule has 6 heteroatoms. The summed E-state index contributed by atoms with van der Waals surface area (Å²) in [5.74, 6) is 0.802. The van der Waals surface area contributed by atoms with Crippen LogP contribution in [0.2, 0.25) is 0 Å². The van der Waals surface area contributed by atoms with Crippen LogP contribution in [0.4, 0.5) is 15.8 Å². The standard InChI is InChI=1S/C23H36FN3O2/c1-23(2,3)29-22(28)14-17-6-10-26(11-7-17)16-18-8-12-27(13-9-18)21-5-4-19(25)15-20(21)24/h4-5,15,17-18H,6-14,16,25H2,1-3H3. The fraction of sp³-hybridized carbons (Fsp3) is 0.696. The van der Waals surface area contributed by atoms with Crippen LogP contribution in [0.5, 0.6) is 0 Å². The summed E-state index contributed by atoms with van der Waals surface area (Å²) in [5.41, 5.74) is 6.39. The van der Waals surface area contributed by atoms with Gasteiger partial charge in [-0.1, -0.05) is 0 Å². The van der Waals surface area contributed by atoms with Crippen molar-refractivity contribution in [3.05, 3.63) is 24.0 Å². The zero-order valence-electron chi connectivity index (χ0n) is 18.1. The van der Waals surface area contributed by atoms with Gasteiger partial charge in [0.15, 0.2) is 0 Å². The van der Waals surface area contributed by atoms with Crippen LogP contribution in [-0.4, -0.2) is 49.2 Å². The van der Waals surface area contributed by atoms with Crippen LogP contribution < -0.4 is 10.6 Å². The normalized spacial score (nSPS) is 20.1. The van der Waals surface area contributed by atoms with E-state index in [-0.39, 0.29) is 11.8 Å². The van der Waals surface area contributed by atoms with Crippen LogP contribution >= 0.6 is 0 Å². The summed E-state index contributed by atoms with van der Waals surface area (Å²) < 4.78 is 19.6. The first-order valence-corrected chi connectivity index (χ1v) is 10.9. The summed E-state index contributed by atoms with van der Waals surface area (Å²) >= 11 is 0. The third-order valence-electron chi connectivity index (χ3n) is 6.03. The van der Waals surface area contributed by atoms with Crippen molar-refractivity contribution < 1.29 is 13.9 Å². The van der Waals surface area contributed by atoms with Gasteiger partial charge in [0.25, 0.3) is 0 Å². The molecule has 0 bridgehead atoms. The second-order valence-corrected chi connectivity index (χ2v) is 9.68. The number of rotatable bonds is 5. The molecule has 0 aliphatic carbocycles. The molecule has 29 heavy (non-hydrogen) atoms. The number of halogens is 1. The van der Waals surface area contributed by atoms with E-state index in [1.54, 1.807) is 12.1 Å². The van der Waals surface area contributed by atoms with Crippen molar-refractivity contribution in [2.75, 3.05) is 43.4 Å². The van der Waals surface area contributed by atoms with Gasteiger partial charge in [0.05, 0.1) is 5.69 Å². The number of nitrogens with two attached hydrogens (primary N) is 1. The van der Waals surface area contributed by atoms with Crippen molar-refractivity contribution in [3.63, 3.8) is 0 Å². The van der Waals surface area contributed by atoms with Gasteiger partial charge in [-0.2, -0.15) is 0 Å². The minimum Gasteiger partial charge on any atom is -0.460 e. The molecule has 2 N–H and O–H groups in total. The van der Waals surface area contributed by atoms with E-state index < -0.39 is 5.60 Å². The maximum Gasteiger partial charge on any atom is 0.306 e. The lowest BCUT2D eigenvalue weighted by Crippen LogP contribution is -2.42. The van der Waals surface area contributed by atoms with Gasteiger partial charge in [-0.05, 0) is 89.6 Å². The topological polar surface area (TPSA) is 58.8 Å². The Kier molecular flexibility index (Phi) is 7.04. The van der Waals surface area contributed by atoms with Crippen LogP contribution in [0.1, 0.15) is 52.9 Å². The second-order valence-electron chi connectivity index (χ2n) is 9.68. The predicted molar refractivity (Wildman–Crippen MR) is 115 cm³/mol. The molecule has 3 rings (SSSR count). The molecule has 162 valence electrons. The van der Waals surface area contributed by atoms with Gasteiger partial charge in [0, 0.05) is 31.7 Å². The summed E-state index contributed by atoms with van der Waals surface area (Å²) in [5, 5.41) is 0. The third-order valence-corrected chi connectivity index (χ3v) is 6.03. The smallest absolute Gasteiger partial charge is 0.306 e. The molecule has 5 nitrogen and oxygen atoms in total. The second kappa shape index (κ2) is 9.33. The molecule has 0 radical (unpaired) electrons. The molecule has 1 aromatic carbocycles. The van der Waals surface area contributed by atoms with Crippen molar-refractivity contribution in [2.45, 2.75) is 58.5 Å². The number of piperidine rings is 2. The molecule has 0 unspecified atom stereocenters. The van der Waals surface area contributed by atoms with E-state index in [9.17, 15) is 9.18 Å². The number of esters is 1. The molecule has 2 aliphatic rings. The summed E-state index contributed by atoms with van der Waals surface area (Å²) in [6, 6.07) is 4.97. The number of carbonyl (C=O) groups is 1. The molecule has 0 aromatic heterocycles. The van der Waals surface area contributed by atoms with Crippen LogP contribution in [0.15, 0.2) is 18.2 Å². The van der Waals surface area contributed by atoms with Crippen LogP contribution in [0.25, 0.3) is 0 Å². The predicted octanol–water partition coefficient (Wildman–Crippen LogP) is 4.07. The number of benzene rings is 1. The third kappa shape index (κ3) is 6.59. The SMILES string of the molecule is CC(C)(C)OC(=O)CC1CCN(CC2CCN(c3ccc(N)cc3F)CC2)CC1. The number of carbonyl (C=O) groups excluding carboxylic acids is 1. The number of nitrogens with zero attached hydrogens (tertiary/aromatic N) is 2. The number of ether oxygens (including phenoxy) is 1. The molecule has 1 aromatic rings. The lowest BCUT2D eigenvalue weighted by atomic mass is 9.91. The Hall–Kier alpha value is -1.82. The molecule has 2 saturated heterocycles. The summed E-state index contributed by atoms with van der Waals surface area (Å²) in [7, 11) is 0. The maximum absolute atomic E-state index is 14.2. The highest BCUT2D eigenvalue weighted by molar-refractivity contribution is 5.70. The lowest BCUT2D eigenvalue weighted by Gasteiger charge is -2.38. The molecule has 2 heterocycles. The van der Waals surface area contributed by atoms with Crippen molar-refractivity contribution in [3.8, 4) is 0 Å². The van der Waals surface area contributed by atoms with E-state index in [2.05, 4.69) is 9.80 Å². The van der Waals surface area contributed by atoms with Gasteiger partial charge in [-0.3, -0.25) is 4.79 Å². The molecule has 2 fully saturated rings. The average Bonchev–Trinajstić information content (AvgIpc) is 2.63. The molecule has 0 spiro atoms. The molecule has 0 amide bonds. The molecule has 0 saturated carbocycles. The van der Waals surface area contributed by atoms with Gasteiger partial charge in [0.1, 0.15) is 11.4 Å². The summed E-state index contributed by atoms with van der Waals surface area (Å²) in [6.45, 7) is 10.8. The monoisotopic (exact) mass is 405 g/mol. The number of hydrogen-bond donors (Lipinski definition) is 1. The Morgan fingerprint density at radius 2 is 1.72 bits per heavy atom. The zero-order chi connectivity index (χ0) is 21.0. The largest absolute Gasteiger partial charge is 0.460 e. The van der Waals surface area contributed by atoms with Crippen LogP contribution in [-0.2, 0) is 9.53 Å². The summed E-state index contributed by atoms with van der Waals surface area (Å²) in [6.07, 6.45) is 4.84. The van der Waals surface area contributed by atoms with Crippen molar-refractivity contribution in [2.24, 2.45) is 11.8 Å². The number of nitrogen functional groups attached to an aromatic ring is 1. The fourth-order valence-electron chi connectivity index (χ4n) is 4.49. The van der Waals surface area contributed by atoms with Crippen LogP contribution in [0, 0.1) is 17.7 Å². The number of anilines is 2. The van der Waals surface area contributed by atoms with E-state index >= 15 is 0 Å². The summed E-state index contributed by atoms with van der Waals surface area (Å²) in [4.78, 5) is 16.7. The maximum atomic E-state index is 14.2. The first-order chi connectivity index (χ1) is 13.7. The number of likely N-dealkylation sites (tertiary alicyclic amines) is 1. The Labute approximate surface area is 174 Å². The first-order valence-electron chi connectivity index (χ1n) is 10.9. The van der Waals surface area contributed by atoms with Gasteiger partial charge in [-0.15, -0.1) is 0 Å². The van der Waals surface area contributed by atoms with E-state index in [0.717, 1.165) is 58.4 Å². The van der Waals surface area contributed by atoms with E-state index in [1.165, 1.54) is 6.07 Å². The number of hydrogen-bond acceptors (Lipinski definition) is 5. The Bertz CT molecular complexity index is 688. The van der Waals surface area contributed by atoms with E-state index in [4.69, 9.17) is 10.5 Å². The van der Waals surface area contributed by atoms with Gasteiger partial charge >= 0.3 is 5.97 Å². The molecule has 0 atom stereocenters.